The number of aromatic nitrogens is 1. The third kappa shape index (κ3) is 3.80. The number of nitrogens with one attached hydrogen (secondary N) is 2. The van der Waals surface area contributed by atoms with Gasteiger partial charge in [-0.25, -0.2) is 4.99 Å². The first-order chi connectivity index (χ1) is 14.1. The van der Waals surface area contributed by atoms with Gasteiger partial charge >= 0.3 is 0 Å². The summed E-state index contributed by atoms with van der Waals surface area (Å²) in [6, 6.07) is 13.9. The maximum atomic E-state index is 5.42. The van der Waals surface area contributed by atoms with Gasteiger partial charge in [0, 0.05) is 31.2 Å². The van der Waals surface area contributed by atoms with Crippen molar-refractivity contribution in [1.82, 2.24) is 10.4 Å². The maximum Gasteiger partial charge on any atom is 0.220 e. The molecule has 7 heteroatoms. The summed E-state index contributed by atoms with van der Waals surface area (Å²) >= 11 is 0. The standard InChI is InChI=1S/C22H23N5O2/c1-14-9-15(16-10-18(28-3)13-19(11-16)29-4)12-20-21(14)25-22(26-27(20)2)24-17-5-7-23-8-6-17/h5-13H,1-4H3,(H2,23,24,25,26). The molecule has 2 N–H and O–H groups in total. The molecule has 2 aromatic carbocycles. The summed E-state index contributed by atoms with van der Waals surface area (Å²) in [5.74, 6) is 2.16. The van der Waals surface area contributed by atoms with Crippen LogP contribution in [0.2, 0.25) is 0 Å². The van der Waals surface area contributed by atoms with Crippen molar-refractivity contribution in [3.8, 4) is 22.6 Å². The summed E-state index contributed by atoms with van der Waals surface area (Å²) in [5, 5.41) is 5.24. The van der Waals surface area contributed by atoms with Crippen LogP contribution in [0.5, 0.6) is 11.5 Å². The minimum Gasteiger partial charge on any atom is -0.497 e. The lowest BCUT2D eigenvalue weighted by atomic mass is 10.00. The third-order valence-corrected chi connectivity index (χ3v) is 4.77. The zero-order valence-electron chi connectivity index (χ0n) is 16.9. The zero-order valence-corrected chi connectivity index (χ0v) is 16.9. The first-order valence-electron chi connectivity index (χ1n) is 9.21. The molecule has 0 saturated heterocycles. The molecule has 0 aliphatic carbocycles. The van der Waals surface area contributed by atoms with Crippen LogP contribution in [0.3, 0.4) is 0 Å². The van der Waals surface area contributed by atoms with Crippen LogP contribution >= 0.6 is 0 Å². The second-order valence-corrected chi connectivity index (χ2v) is 6.75. The van der Waals surface area contributed by atoms with E-state index in [4.69, 9.17) is 14.5 Å². The second kappa shape index (κ2) is 7.71. The highest BCUT2D eigenvalue weighted by Crippen LogP contribution is 2.39. The van der Waals surface area contributed by atoms with Crippen LogP contribution < -0.4 is 25.2 Å². The van der Waals surface area contributed by atoms with Crippen LogP contribution in [-0.2, 0) is 0 Å². The van der Waals surface area contributed by atoms with E-state index >= 15 is 0 Å². The predicted molar refractivity (Wildman–Crippen MR) is 116 cm³/mol. The average molecular weight is 389 g/mol. The van der Waals surface area contributed by atoms with Crippen molar-refractivity contribution < 1.29 is 9.47 Å². The van der Waals surface area contributed by atoms with Gasteiger partial charge < -0.3 is 14.8 Å². The lowest BCUT2D eigenvalue weighted by molar-refractivity contribution is 0.394. The van der Waals surface area contributed by atoms with Crippen molar-refractivity contribution in [2.24, 2.45) is 4.99 Å². The molecule has 1 aromatic heterocycles. The lowest BCUT2D eigenvalue weighted by Crippen LogP contribution is -2.45. The van der Waals surface area contributed by atoms with Crippen LogP contribution in [0.25, 0.3) is 11.1 Å². The predicted octanol–water partition coefficient (Wildman–Crippen LogP) is 4.13. The van der Waals surface area contributed by atoms with Gasteiger partial charge in [-0.15, -0.1) is 0 Å². The molecule has 148 valence electrons. The minimum absolute atomic E-state index is 0.657. The molecule has 0 amide bonds. The topological polar surface area (TPSA) is 71.0 Å². The summed E-state index contributed by atoms with van der Waals surface area (Å²) in [6.07, 6.45) is 3.48. The van der Waals surface area contributed by atoms with Crippen LogP contribution in [0, 0.1) is 6.92 Å². The molecule has 0 radical (unpaired) electrons. The van der Waals surface area contributed by atoms with Gasteiger partial charge in [0.05, 0.1) is 25.6 Å². The number of anilines is 2. The Labute approximate surface area is 170 Å². The number of methoxy groups -OCH3 is 2. The van der Waals surface area contributed by atoms with Crippen molar-refractivity contribution in [3.63, 3.8) is 0 Å². The zero-order chi connectivity index (χ0) is 20.4. The molecule has 0 unspecified atom stereocenters. The minimum atomic E-state index is 0.657. The second-order valence-electron chi connectivity index (χ2n) is 6.75. The van der Waals surface area contributed by atoms with Gasteiger partial charge in [-0.05, 0) is 60.0 Å². The Balaban J connectivity index is 1.73. The van der Waals surface area contributed by atoms with Crippen LogP contribution in [0.1, 0.15) is 5.56 Å². The highest BCUT2D eigenvalue weighted by molar-refractivity contribution is 6.00. The van der Waals surface area contributed by atoms with E-state index in [0.717, 1.165) is 45.3 Å². The van der Waals surface area contributed by atoms with Crippen molar-refractivity contribution in [2.45, 2.75) is 6.92 Å². The quantitative estimate of drug-likeness (QED) is 0.699. The van der Waals surface area contributed by atoms with E-state index in [1.165, 1.54) is 0 Å². The number of aryl methyl sites for hydroxylation is 1. The number of ether oxygens (including phenoxy) is 2. The highest BCUT2D eigenvalue weighted by Gasteiger charge is 2.20. The molecular weight excluding hydrogens is 366 g/mol. The Hall–Kier alpha value is -3.74. The largest absolute Gasteiger partial charge is 0.497 e. The van der Waals surface area contributed by atoms with Gasteiger partial charge in [0.15, 0.2) is 0 Å². The summed E-state index contributed by atoms with van der Waals surface area (Å²) in [6.45, 7) is 2.06. The van der Waals surface area contributed by atoms with E-state index < -0.39 is 0 Å². The molecule has 29 heavy (non-hydrogen) atoms. The van der Waals surface area contributed by atoms with E-state index in [-0.39, 0.29) is 0 Å². The number of pyridine rings is 1. The summed E-state index contributed by atoms with van der Waals surface area (Å²) in [5.41, 5.74) is 9.25. The van der Waals surface area contributed by atoms with Crippen molar-refractivity contribution in [1.29, 1.82) is 0 Å². The SMILES string of the molecule is COc1cc(OC)cc(-c2cc(C)c3c(c2)N(C)NC(Nc2ccncc2)=N3)c1. The smallest absolute Gasteiger partial charge is 0.220 e. The molecule has 0 bridgehead atoms. The molecule has 0 spiro atoms. The van der Waals surface area contributed by atoms with Crippen molar-refractivity contribution in [3.05, 3.63) is 60.4 Å². The fraction of sp³-hybridized carbons (Fsp3) is 0.182. The van der Waals surface area contributed by atoms with E-state index in [0.29, 0.717) is 5.96 Å². The van der Waals surface area contributed by atoms with Gasteiger partial charge in [-0.3, -0.25) is 15.4 Å². The van der Waals surface area contributed by atoms with E-state index in [2.05, 4.69) is 34.8 Å². The van der Waals surface area contributed by atoms with Gasteiger partial charge in [-0.2, -0.15) is 0 Å². The normalized spacial score (nSPS) is 12.6. The van der Waals surface area contributed by atoms with Gasteiger partial charge in [0.25, 0.3) is 0 Å². The van der Waals surface area contributed by atoms with Crippen molar-refractivity contribution in [2.75, 3.05) is 31.6 Å². The molecule has 7 nitrogen and oxygen atoms in total. The first kappa shape index (κ1) is 18.6. The van der Waals surface area contributed by atoms with Gasteiger partial charge in [-0.1, -0.05) is 0 Å². The van der Waals surface area contributed by atoms with E-state index in [1.54, 1.807) is 26.6 Å². The molecular formula is C22H23N5O2. The van der Waals surface area contributed by atoms with Crippen LogP contribution in [0.4, 0.5) is 17.1 Å². The van der Waals surface area contributed by atoms with Gasteiger partial charge in [0.2, 0.25) is 5.96 Å². The number of fused-ring (bicyclic) bond motifs is 1. The number of hydrazine groups is 1. The molecule has 0 fully saturated rings. The monoisotopic (exact) mass is 389 g/mol. The average Bonchev–Trinajstić information content (AvgIpc) is 2.74. The van der Waals surface area contributed by atoms with Crippen LogP contribution in [0.15, 0.2) is 59.9 Å². The fourth-order valence-electron chi connectivity index (χ4n) is 3.29. The number of aliphatic imine (C=N–C) groups is 1. The first-order valence-corrected chi connectivity index (χ1v) is 9.21. The third-order valence-electron chi connectivity index (χ3n) is 4.77. The van der Waals surface area contributed by atoms with E-state index in [9.17, 15) is 0 Å². The molecule has 0 saturated carbocycles. The molecule has 0 atom stereocenters. The summed E-state index contributed by atoms with van der Waals surface area (Å²) in [7, 11) is 5.28. The Kier molecular flexibility index (Phi) is 4.95. The lowest BCUT2D eigenvalue weighted by Gasteiger charge is -2.30. The van der Waals surface area contributed by atoms with Crippen molar-refractivity contribution >= 4 is 23.0 Å². The van der Waals surface area contributed by atoms with Gasteiger partial charge in [0.1, 0.15) is 11.5 Å². The maximum absolute atomic E-state index is 5.42. The Morgan fingerprint density at radius 1 is 0.931 bits per heavy atom. The molecule has 1 aliphatic heterocycles. The molecule has 2 heterocycles. The number of rotatable bonds is 4. The van der Waals surface area contributed by atoms with E-state index in [1.807, 2.05) is 42.4 Å². The Morgan fingerprint density at radius 3 is 2.24 bits per heavy atom. The number of nitrogens with zero attached hydrogens (tertiary/aromatic N) is 3. The Morgan fingerprint density at radius 2 is 1.59 bits per heavy atom. The Bertz CT molecular complexity index is 1040. The number of benzene rings is 2. The van der Waals surface area contributed by atoms with Crippen LogP contribution in [-0.4, -0.2) is 32.2 Å². The highest BCUT2D eigenvalue weighted by atomic mass is 16.5. The molecule has 3 aromatic rings. The summed E-state index contributed by atoms with van der Waals surface area (Å²) < 4.78 is 10.8. The number of guanidine groups is 1. The number of hydrogen-bond acceptors (Lipinski definition) is 7. The fourth-order valence-corrected chi connectivity index (χ4v) is 3.29. The molecule has 1 aliphatic rings. The molecule has 4 rings (SSSR count). The summed E-state index contributed by atoms with van der Waals surface area (Å²) in [4.78, 5) is 8.81. The number of hydrogen-bond donors (Lipinski definition) is 2.